The Balaban J connectivity index is 1.76. The third-order valence-electron chi connectivity index (χ3n) is 4.86. The first-order valence-electron chi connectivity index (χ1n) is 9.40. The third kappa shape index (κ3) is 4.26. The smallest absolute Gasteiger partial charge is 0.178 e. The molecule has 0 fully saturated rings. The van der Waals surface area contributed by atoms with Gasteiger partial charge in [-0.1, -0.05) is 29.8 Å². The van der Waals surface area contributed by atoms with Gasteiger partial charge in [0.25, 0.3) is 0 Å². The fourth-order valence-electron chi connectivity index (χ4n) is 3.33. The van der Waals surface area contributed by atoms with Crippen LogP contribution in [-0.4, -0.2) is 24.7 Å². The monoisotopic (exact) mass is 423 g/mol. The molecule has 4 aromatic rings. The van der Waals surface area contributed by atoms with Gasteiger partial charge in [0.05, 0.1) is 17.7 Å². The highest BCUT2D eigenvalue weighted by atomic mass is 35.5. The Morgan fingerprint density at radius 1 is 1.00 bits per heavy atom. The van der Waals surface area contributed by atoms with Gasteiger partial charge in [0.1, 0.15) is 11.5 Å². The lowest BCUT2D eigenvalue weighted by Crippen LogP contribution is -2.03. The first kappa shape index (κ1) is 20.2. The van der Waals surface area contributed by atoms with Gasteiger partial charge in [-0.15, -0.1) is 0 Å². The van der Waals surface area contributed by atoms with Crippen LogP contribution in [0.3, 0.4) is 0 Å². The summed E-state index contributed by atoms with van der Waals surface area (Å²) in [6, 6.07) is 16.9. The highest BCUT2D eigenvalue weighted by Crippen LogP contribution is 2.32. The van der Waals surface area contributed by atoms with Crippen LogP contribution in [0, 0.1) is 5.82 Å². The molecule has 7 heteroatoms. The zero-order valence-electron chi connectivity index (χ0n) is 15.9. The van der Waals surface area contributed by atoms with Crippen LogP contribution in [0.4, 0.5) is 4.39 Å². The molecule has 0 aliphatic rings. The van der Waals surface area contributed by atoms with Crippen molar-refractivity contribution in [1.82, 2.24) is 14.5 Å². The SMILES string of the molecule is OC(O)c1ccnc(-c2ncn(CCc3ccccc3Cl)c2-c2ccc(F)cc2)c1. The van der Waals surface area contributed by atoms with E-state index in [0.29, 0.717) is 34.9 Å². The molecule has 4 rings (SSSR count). The summed E-state index contributed by atoms with van der Waals surface area (Å²) in [7, 11) is 0. The Morgan fingerprint density at radius 2 is 1.77 bits per heavy atom. The van der Waals surface area contributed by atoms with E-state index in [2.05, 4.69) is 9.97 Å². The number of hydrogen-bond acceptors (Lipinski definition) is 4. The Morgan fingerprint density at radius 3 is 2.50 bits per heavy atom. The van der Waals surface area contributed by atoms with Crippen LogP contribution in [0.5, 0.6) is 0 Å². The first-order chi connectivity index (χ1) is 14.5. The van der Waals surface area contributed by atoms with Gasteiger partial charge in [-0.25, -0.2) is 9.37 Å². The van der Waals surface area contributed by atoms with Gasteiger partial charge >= 0.3 is 0 Å². The van der Waals surface area contributed by atoms with Gasteiger partial charge in [0, 0.05) is 28.9 Å². The second-order valence-electron chi connectivity index (χ2n) is 6.83. The molecule has 30 heavy (non-hydrogen) atoms. The molecule has 0 unspecified atom stereocenters. The minimum atomic E-state index is -1.61. The summed E-state index contributed by atoms with van der Waals surface area (Å²) in [4.78, 5) is 8.88. The summed E-state index contributed by atoms with van der Waals surface area (Å²) in [5, 5.41) is 19.7. The fourth-order valence-corrected chi connectivity index (χ4v) is 3.56. The third-order valence-corrected chi connectivity index (χ3v) is 5.23. The van der Waals surface area contributed by atoms with E-state index >= 15 is 0 Å². The number of aryl methyl sites for hydroxylation is 2. The second kappa shape index (κ2) is 8.75. The molecule has 0 spiro atoms. The number of benzene rings is 2. The van der Waals surface area contributed by atoms with Crippen molar-refractivity contribution in [3.05, 3.63) is 95.2 Å². The molecule has 0 atom stereocenters. The van der Waals surface area contributed by atoms with E-state index in [9.17, 15) is 14.6 Å². The van der Waals surface area contributed by atoms with Crippen LogP contribution in [-0.2, 0) is 13.0 Å². The minimum absolute atomic E-state index is 0.315. The molecule has 0 amide bonds. The summed E-state index contributed by atoms with van der Waals surface area (Å²) < 4.78 is 15.5. The van der Waals surface area contributed by atoms with Gasteiger partial charge in [0.15, 0.2) is 6.29 Å². The molecule has 0 aliphatic heterocycles. The Labute approximate surface area is 178 Å². The normalized spacial score (nSPS) is 11.2. The summed E-state index contributed by atoms with van der Waals surface area (Å²) >= 11 is 6.29. The minimum Gasteiger partial charge on any atom is -0.364 e. The van der Waals surface area contributed by atoms with Gasteiger partial charge in [-0.05, 0) is 54.4 Å². The predicted molar refractivity (Wildman–Crippen MR) is 113 cm³/mol. The van der Waals surface area contributed by atoms with E-state index in [1.165, 1.54) is 24.4 Å². The second-order valence-corrected chi connectivity index (χ2v) is 7.24. The van der Waals surface area contributed by atoms with Crippen molar-refractivity contribution in [3.63, 3.8) is 0 Å². The number of nitrogens with zero attached hydrogens (tertiary/aromatic N) is 3. The standard InChI is InChI=1S/C23H19ClFN3O2/c24-19-4-2-1-3-15(19)10-12-28-14-27-21(20-13-17(23(29)30)9-11-26-20)22(28)16-5-7-18(25)8-6-16/h1-9,11,13-14,23,29-30H,10,12H2. The predicted octanol–water partition coefficient (Wildman–Crippen LogP) is 4.63. The fraction of sp³-hybridized carbons (Fsp3) is 0.130. The Kier molecular flexibility index (Phi) is 5.90. The molecule has 2 aromatic carbocycles. The molecule has 0 saturated heterocycles. The number of aromatic nitrogens is 3. The average molecular weight is 424 g/mol. The molecule has 2 N–H and O–H groups in total. The summed E-state index contributed by atoms with van der Waals surface area (Å²) in [5.74, 6) is -0.328. The summed E-state index contributed by atoms with van der Waals surface area (Å²) in [6.07, 6.45) is 2.28. The number of rotatable bonds is 6. The lowest BCUT2D eigenvalue weighted by atomic mass is 10.1. The van der Waals surface area contributed by atoms with Gasteiger partial charge in [-0.3, -0.25) is 4.98 Å². The van der Waals surface area contributed by atoms with Crippen molar-refractivity contribution in [2.24, 2.45) is 0 Å². The van der Waals surface area contributed by atoms with Crippen LogP contribution < -0.4 is 0 Å². The Hall–Kier alpha value is -3.06. The zero-order valence-corrected chi connectivity index (χ0v) is 16.7. The number of halogens is 2. The number of pyridine rings is 1. The molecule has 2 aromatic heterocycles. The summed E-state index contributed by atoms with van der Waals surface area (Å²) in [6.45, 7) is 0.603. The Bertz CT molecular complexity index is 1160. The number of imidazole rings is 1. The van der Waals surface area contributed by atoms with Gasteiger partial charge < -0.3 is 14.8 Å². The van der Waals surface area contributed by atoms with E-state index < -0.39 is 6.29 Å². The topological polar surface area (TPSA) is 71.2 Å². The first-order valence-corrected chi connectivity index (χ1v) is 9.77. The van der Waals surface area contributed by atoms with Crippen LogP contribution >= 0.6 is 11.6 Å². The van der Waals surface area contributed by atoms with Crippen molar-refractivity contribution in [3.8, 4) is 22.6 Å². The van der Waals surface area contributed by atoms with Crippen molar-refractivity contribution >= 4 is 11.6 Å². The maximum atomic E-state index is 13.5. The quantitative estimate of drug-likeness (QED) is 0.443. The number of aliphatic hydroxyl groups is 2. The lowest BCUT2D eigenvalue weighted by molar-refractivity contribution is -0.0425. The maximum Gasteiger partial charge on any atom is 0.178 e. The molecule has 152 valence electrons. The molecule has 0 bridgehead atoms. The molecule has 2 heterocycles. The van der Waals surface area contributed by atoms with Crippen LogP contribution in [0.25, 0.3) is 22.6 Å². The molecule has 0 saturated carbocycles. The van der Waals surface area contributed by atoms with Crippen LogP contribution in [0.15, 0.2) is 73.2 Å². The molecule has 0 radical (unpaired) electrons. The molecule has 5 nitrogen and oxygen atoms in total. The van der Waals surface area contributed by atoms with Gasteiger partial charge in [0.2, 0.25) is 0 Å². The highest BCUT2D eigenvalue weighted by Gasteiger charge is 2.17. The van der Waals surface area contributed by atoms with E-state index in [1.807, 2.05) is 28.8 Å². The van der Waals surface area contributed by atoms with Crippen molar-refractivity contribution in [2.45, 2.75) is 19.3 Å². The van der Waals surface area contributed by atoms with Crippen LogP contribution in [0.2, 0.25) is 5.02 Å². The lowest BCUT2D eigenvalue weighted by Gasteiger charge is -2.12. The van der Waals surface area contributed by atoms with Gasteiger partial charge in [-0.2, -0.15) is 0 Å². The van der Waals surface area contributed by atoms with E-state index in [1.54, 1.807) is 24.5 Å². The van der Waals surface area contributed by atoms with E-state index in [-0.39, 0.29) is 5.82 Å². The van der Waals surface area contributed by atoms with E-state index in [0.717, 1.165) is 16.8 Å². The summed E-state index contributed by atoms with van der Waals surface area (Å²) in [5.41, 5.74) is 3.94. The number of aliphatic hydroxyl groups excluding tert-OH is 1. The van der Waals surface area contributed by atoms with Crippen LogP contribution in [0.1, 0.15) is 17.4 Å². The highest BCUT2D eigenvalue weighted by molar-refractivity contribution is 6.31. The molecular weight excluding hydrogens is 405 g/mol. The molecule has 0 aliphatic carbocycles. The largest absolute Gasteiger partial charge is 0.364 e. The van der Waals surface area contributed by atoms with Crippen molar-refractivity contribution < 1.29 is 14.6 Å². The zero-order chi connectivity index (χ0) is 21.1. The molecular formula is C23H19ClFN3O2. The maximum absolute atomic E-state index is 13.5. The van der Waals surface area contributed by atoms with Crippen molar-refractivity contribution in [1.29, 1.82) is 0 Å². The number of hydrogen-bond donors (Lipinski definition) is 2. The van der Waals surface area contributed by atoms with Crippen molar-refractivity contribution in [2.75, 3.05) is 0 Å². The van der Waals surface area contributed by atoms with E-state index in [4.69, 9.17) is 11.6 Å². The average Bonchev–Trinajstić information content (AvgIpc) is 3.18.